The van der Waals surface area contributed by atoms with Crippen LogP contribution in [0.2, 0.25) is 0 Å². The van der Waals surface area contributed by atoms with Crippen LogP contribution in [0.1, 0.15) is 22.3 Å². The summed E-state index contributed by atoms with van der Waals surface area (Å²) in [5, 5.41) is 0. The summed E-state index contributed by atoms with van der Waals surface area (Å²) >= 11 is 3.31. The summed E-state index contributed by atoms with van der Waals surface area (Å²) < 4.78 is 14.8. The molecule has 1 heterocycles. The summed E-state index contributed by atoms with van der Waals surface area (Å²) in [7, 11) is 0. The summed E-state index contributed by atoms with van der Waals surface area (Å²) in [5.74, 6) is -1.31. The second kappa shape index (κ2) is 7.97. The second-order valence-electron chi connectivity index (χ2n) is 6.25. The minimum absolute atomic E-state index is 0.0280. The van der Waals surface area contributed by atoms with Gasteiger partial charge in [-0.05, 0) is 24.1 Å². The molecule has 132 valence electrons. The Balaban J connectivity index is 1.76. The van der Waals surface area contributed by atoms with E-state index < -0.39 is 11.7 Å². The molecule has 6 heteroatoms. The number of anilines is 1. The Morgan fingerprint density at radius 3 is 2.60 bits per heavy atom. The van der Waals surface area contributed by atoms with Crippen molar-refractivity contribution in [3.05, 3.63) is 63.9 Å². The van der Waals surface area contributed by atoms with Crippen molar-refractivity contribution in [3.8, 4) is 0 Å². The maximum absolute atomic E-state index is 14.2. The lowest BCUT2D eigenvalue weighted by atomic mass is 10.1. The van der Waals surface area contributed by atoms with Crippen LogP contribution in [0, 0.1) is 5.82 Å². The molecule has 3 rings (SSSR count). The van der Waals surface area contributed by atoms with Gasteiger partial charge in [0.1, 0.15) is 5.82 Å². The highest BCUT2D eigenvalue weighted by Crippen LogP contribution is 2.29. The molecule has 0 aliphatic carbocycles. The summed E-state index contributed by atoms with van der Waals surface area (Å²) in [5.41, 5.74) is 7.23. The fourth-order valence-electron chi connectivity index (χ4n) is 3.26. The van der Waals surface area contributed by atoms with Gasteiger partial charge in [0.15, 0.2) is 0 Å². The number of hydrogen-bond donors (Lipinski definition) is 1. The minimum Gasteiger partial charge on any atom is -0.369 e. The number of carbonyl (C=O) groups is 1. The number of rotatable bonds is 4. The van der Waals surface area contributed by atoms with Crippen LogP contribution in [0.25, 0.3) is 0 Å². The number of halogens is 2. The van der Waals surface area contributed by atoms with Crippen molar-refractivity contribution in [2.75, 3.05) is 31.1 Å². The molecule has 1 amide bonds. The van der Waals surface area contributed by atoms with E-state index in [2.05, 4.69) is 37.9 Å². The van der Waals surface area contributed by atoms with Crippen LogP contribution >= 0.6 is 15.9 Å². The smallest absolute Gasteiger partial charge is 0.253 e. The molecular weight excluding hydrogens is 385 g/mol. The van der Waals surface area contributed by atoms with Crippen LogP contribution in [-0.4, -0.2) is 37.0 Å². The Labute approximate surface area is 155 Å². The van der Waals surface area contributed by atoms with Gasteiger partial charge >= 0.3 is 0 Å². The average molecular weight is 406 g/mol. The quantitative estimate of drug-likeness (QED) is 0.847. The van der Waals surface area contributed by atoms with Gasteiger partial charge in [-0.2, -0.15) is 0 Å². The Kier molecular flexibility index (Phi) is 5.71. The third-order valence-electron chi connectivity index (χ3n) is 4.46. The third kappa shape index (κ3) is 4.38. The first kappa shape index (κ1) is 17.9. The minimum atomic E-state index is -0.731. The van der Waals surface area contributed by atoms with Gasteiger partial charge in [-0.1, -0.05) is 46.3 Å². The number of benzene rings is 2. The molecule has 1 aliphatic heterocycles. The Bertz CT molecular complexity index is 754. The Morgan fingerprint density at radius 2 is 1.88 bits per heavy atom. The topological polar surface area (TPSA) is 49.6 Å². The highest BCUT2D eigenvalue weighted by molar-refractivity contribution is 9.10. The molecule has 25 heavy (non-hydrogen) atoms. The van der Waals surface area contributed by atoms with E-state index in [9.17, 15) is 9.18 Å². The standard InChI is InChI=1S/C19H21BrFN3O/c20-15-11-16(21)18(19(22)25)17(12-15)24-8-4-7-23(9-10-24)13-14-5-2-1-3-6-14/h1-3,5-6,11-12H,4,7-10,13H2,(H2,22,25). The average Bonchev–Trinajstić information content (AvgIpc) is 2.80. The van der Waals surface area contributed by atoms with Crippen molar-refractivity contribution < 1.29 is 9.18 Å². The number of hydrogen-bond acceptors (Lipinski definition) is 3. The van der Waals surface area contributed by atoms with E-state index in [0.717, 1.165) is 39.1 Å². The summed E-state index contributed by atoms with van der Waals surface area (Å²) in [6.45, 7) is 4.20. The summed E-state index contributed by atoms with van der Waals surface area (Å²) in [4.78, 5) is 16.2. The molecule has 0 radical (unpaired) electrons. The molecule has 0 saturated carbocycles. The molecular formula is C19H21BrFN3O. The van der Waals surface area contributed by atoms with Gasteiger partial charge in [0, 0.05) is 37.2 Å². The van der Waals surface area contributed by atoms with Crippen molar-refractivity contribution in [2.24, 2.45) is 5.73 Å². The molecule has 2 aromatic carbocycles. The molecule has 2 N–H and O–H groups in total. The van der Waals surface area contributed by atoms with Crippen molar-refractivity contribution in [1.29, 1.82) is 0 Å². The van der Waals surface area contributed by atoms with Crippen molar-refractivity contribution in [2.45, 2.75) is 13.0 Å². The van der Waals surface area contributed by atoms with E-state index in [-0.39, 0.29) is 5.56 Å². The largest absolute Gasteiger partial charge is 0.369 e. The molecule has 0 spiro atoms. The zero-order valence-electron chi connectivity index (χ0n) is 13.9. The van der Waals surface area contributed by atoms with E-state index in [1.807, 2.05) is 18.2 Å². The van der Waals surface area contributed by atoms with E-state index >= 15 is 0 Å². The summed E-state index contributed by atoms with van der Waals surface area (Å²) in [6, 6.07) is 13.4. The van der Waals surface area contributed by atoms with E-state index in [1.54, 1.807) is 6.07 Å². The van der Waals surface area contributed by atoms with Crippen LogP contribution in [0.15, 0.2) is 46.9 Å². The number of nitrogens with zero attached hydrogens (tertiary/aromatic N) is 2. The monoisotopic (exact) mass is 405 g/mol. The van der Waals surface area contributed by atoms with E-state index in [0.29, 0.717) is 10.2 Å². The molecule has 2 aromatic rings. The van der Waals surface area contributed by atoms with E-state index in [1.165, 1.54) is 11.6 Å². The first-order valence-electron chi connectivity index (χ1n) is 8.34. The zero-order chi connectivity index (χ0) is 17.8. The van der Waals surface area contributed by atoms with Gasteiger partial charge < -0.3 is 10.6 Å². The Hall–Kier alpha value is -1.92. The van der Waals surface area contributed by atoms with Gasteiger partial charge in [0.05, 0.1) is 11.3 Å². The maximum atomic E-state index is 14.2. The Morgan fingerprint density at radius 1 is 1.12 bits per heavy atom. The lowest BCUT2D eigenvalue weighted by Gasteiger charge is -2.25. The van der Waals surface area contributed by atoms with Gasteiger partial charge in [-0.3, -0.25) is 9.69 Å². The van der Waals surface area contributed by atoms with Crippen molar-refractivity contribution >= 4 is 27.5 Å². The lowest BCUT2D eigenvalue weighted by Crippen LogP contribution is -2.32. The highest BCUT2D eigenvalue weighted by atomic mass is 79.9. The number of carbonyl (C=O) groups excluding carboxylic acids is 1. The van der Waals surface area contributed by atoms with Crippen LogP contribution in [-0.2, 0) is 6.54 Å². The highest BCUT2D eigenvalue weighted by Gasteiger charge is 2.22. The van der Waals surface area contributed by atoms with Gasteiger partial charge in [-0.25, -0.2) is 4.39 Å². The zero-order valence-corrected chi connectivity index (χ0v) is 15.5. The SMILES string of the molecule is NC(=O)c1c(F)cc(Br)cc1N1CCCN(Cc2ccccc2)CC1. The molecule has 1 saturated heterocycles. The predicted molar refractivity (Wildman–Crippen MR) is 101 cm³/mol. The van der Waals surface area contributed by atoms with Gasteiger partial charge in [-0.15, -0.1) is 0 Å². The second-order valence-corrected chi connectivity index (χ2v) is 7.16. The summed E-state index contributed by atoms with van der Waals surface area (Å²) in [6.07, 6.45) is 0.944. The van der Waals surface area contributed by atoms with Gasteiger partial charge in [0.25, 0.3) is 5.91 Å². The number of nitrogens with two attached hydrogens (primary N) is 1. The molecule has 1 fully saturated rings. The van der Waals surface area contributed by atoms with Crippen LogP contribution in [0.3, 0.4) is 0 Å². The fraction of sp³-hybridized carbons (Fsp3) is 0.316. The molecule has 0 unspecified atom stereocenters. The predicted octanol–water partition coefficient (Wildman–Crippen LogP) is 3.40. The number of primary amides is 1. The molecule has 1 aliphatic rings. The third-order valence-corrected chi connectivity index (χ3v) is 4.92. The first-order chi connectivity index (χ1) is 12.0. The molecule has 0 aromatic heterocycles. The fourth-order valence-corrected chi connectivity index (χ4v) is 3.68. The molecule has 0 bridgehead atoms. The first-order valence-corrected chi connectivity index (χ1v) is 9.14. The van der Waals surface area contributed by atoms with Crippen molar-refractivity contribution in [1.82, 2.24) is 4.90 Å². The normalized spacial score (nSPS) is 15.8. The van der Waals surface area contributed by atoms with Crippen LogP contribution in [0.4, 0.5) is 10.1 Å². The van der Waals surface area contributed by atoms with E-state index in [4.69, 9.17) is 5.73 Å². The maximum Gasteiger partial charge on any atom is 0.253 e. The molecule has 0 atom stereocenters. The van der Waals surface area contributed by atoms with Crippen LogP contribution in [0.5, 0.6) is 0 Å². The van der Waals surface area contributed by atoms with Crippen LogP contribution < -0.4 is 10.6 Å². The number of amides is 1. The van der Waals surface area contributed by atoms with Gasteiger partial charge in [0.2, 0.25) is 0 Å². The molecule has 4 nitrogen and oxygen atoms in total. The lowest BCUT2D eigenvalue weighted by molar-refractivity contribution is 0.0997. The van der Waals surface area contributed by atoms with Crippen molar-refractivity contribution in [3.63, 3.8) is 0 Å².